The second kappa shape index (κ2) is 5.74. The van der Waals surface area contributed by atoms with Crippen molar-refractivity contribution in [2.24, 2.45) is 10.8 Å². The zero-order valence-corrected chi connectivity index (χ0v) is 11.2. The monoisotopic (exact) mass is 281 g/mol. The quantitative estimate of drug-likeness (QED) is 0.248. The summed E-state index contributed by atoms with van der Waals surface area (Å²) in [5, 5.41) is 5.00. The van der Waals surface area contributed by atoms with Crippen molar-refractivity contribution in [2.45, 2.75) is 11.9 Å². The van der Waals surface area contributed by atoms with Crippen molar-refractivity contribution < 1.29 is 0 Å². The Morgan fingerprint density at radius 3 is 3.17 bits per heavy atom. The van der Waals surface area contributed by atoms with Gasteiger partial charge in [-0.2, -0.15) is 5.10 Å². The molecule has 9 heteroatoms. The lowest BCUT2D eigenvalue weighted by atomic mass is 10.5. The first-order valence-electron chi connectivity index (χ1n) is 5.02. The maximum absolute atomic E-state index is 5.28. The normalized spacial score (nSPS) is 11.7. The molecule has 0 saturated carbocycles. The molecule has 0 unspecified atom stereocenters. The molecular formula is C9H11N7S2. The molecule has 2 aromatic heterocycles. The minimum Gasteiger partial charge on any atom is -0.375 e. The van der Waals surface area contributed by atoms with E-state index < -0.39 is 0 Å². The van der Waals surface area contributed by atoms with Gasteiger partial charge in [-0.05, 0) is 19.1 Å². The molecule has 7 nitrogen and oxygen atoms in total. The van der Waals surface area contributed by atoms with E-state index in [-0.39, 0.29) is 5.11 Å². The van der Waals surface area contributed by atoms with E-state index in [4.69, 9.17) is 5.73 Å². The van der Waals surface area contributed by atoms with Crippen LogP contribution in [0.25, 0.3) is 11.2 Å². The Morgan fingerprint density at radius 2 is 2.39 bits per heavy atom. The molecule has 0 atom stereocenters. The molecular weight excluding hydrogens is 270 g/mol. The Balaban J connectivity index is 2.04. The van der Waals surface area contributed by atoms with Crippen molar-refractivity contribution in [3.63, 3.8) is 0 Å². The van der Waals surface area contributed by atoms with Crippen LogP contribution >= 0.6 is 24.0 Å². The second-order valence-electron chi connectivity index (χ2n) is 3.39. The third kappa shape index (κ3) is 3.14. The van der Waals surface area contributed by atoms with Crippen LogP contribution in [0.3, 0.4) is 0 Å². The number of hydrazone groups is 1. The zero-order valence-electron chi connectivity index (χ0n) is 9.54. The highest BCUT2D eigenvalue weighted by Gasteiger charge is 2.06. The molecule has 2 heterocycles. The van der Waals surface area contributed by atoms with Crippen molar-refractivity contribution in [3.05, 3.63) is 12.7 Å². The van der Waals surface area contributed by atoms with Gasteiger partial charge in [0.25, 0.3) is 0 Å². The highest BCUT2D eigenvalue weighted by molar-refractivity contribution is 8.00. The van der Waals surface area contributed by atoms with Crippen LogP contribution in [0.4, 0.5) is 0 Å². The van der Waals surface area contributed by atoms with Gasteiger partial charge in [-0.1, -0.05) is 11.8 Å². The van der Waals surface area contributed by atoms with Crippen molar-refractivity contribution in [2.75, 3.05) is 5.75 Å². The average molecular weight is 281 g/mol. The van der Waals surface area contributed by atoms with Crippen LogP contribution in [0.5, 0.6) is 0 Å². The Kier molecular flexibility index (Phi) is 4.05. The van der Waals surface area contributed by atoms with E-state index in [9.17, 15) is 0 Å². The number of nitrogens with two attached hydrogens (primary N) is 1. The Hall–Kier alpha value is -1.74. The summed E-state index contributed by atoms with van der Waals surface area (Å²) in [5.41, 5.74) is 10.2. The molecule has 0 spiro atoms. The van der Waals surface area contributed by atoms with E-state index in [0.29, 0.717) is 11.4 Å². The molecule has 0 bridgehead atoms. The lowest BCUT2D eigenvalue weighted by molar-refractivity contribution is 1.03. The third-order valence-electron chi connectivity index (χ3n) is 1.96. The Labute approximate surface area is 113 Å². The van der Waals surface area contributed by atoms with Gasteiger partial charge in [-0.15, -0.1) is 0 Å². The standard InChI is InChI=1S/C9H11N7S2/c1-5(15-16-9(10)17)2-18-8-6-7(12-3-11-6)13-4-14-8/h3-4H,2H2,1H3,(H3,10,16,17)(H,11,12,13,14). The van der Waals surface area contributed by atoms with Crippen LogP contribution in [0.1, 0.15) is 6.92 Å². The average Bonchev–Trinajstić information content (AvgIpc) is 2.82. The van der Waals surface area contributed by atoms with Crippen LogP contribution in [-0.4, -0.2) is 36.5 Å². The summed E-state index contributed by atoms with van der Waals surface area (Å²) < 4.78 is 0. The summed E-state index contributed by atoms with van der Waals surface area (Å²) in [7, 11) is 0. The maximum atomic E-state index is 5.28. The molecule has 0 aliphatic heterocycles. The number of aromatic amines is 1. The fraction of sp³-hybridized carbons (Fsp3) is 0.222. The van der Waals surface area contributed by atoms with Gasteiger partial charge in [-0.3, -0.25) is 5.43 Å². The fourth-order valence-electron chi connectivity index (χ4n) is 1.21. The minimum atomic E-state index is 0.150. The fourth-order valence-corrected chi connectivity index (χ4v) is 2.08. The van der Waals surface area contributed by atoms with E-state index in [0.717, 1.165) is 16.3 Å². The van der Waals surface area contributed by atoms with Gasteiger partial charge in [0.1, 0.15) is 16.9 Å². The molecule has 0 amide bonds. The highest BCUT2D eigenvalue weighted by Crippen LogP contribution is 2.21. The number of hydrogen-bond donors (Lipinski definition) is 3. The molecule has 2 aromatic rings. The van der Waals surface area contributed by atoms with E-state index >= 15 is 0 Å². The summed E-state index contributed by atoms with van der Waals surface area (Å²) in [6, 6.07) is 0. The number of aromatic nitrogens is 4. The van der Waals surface area contributed by atoms with Crippen LogP contribution < -0.4 is 11.2 Å². The number of hydrogen-bond acceptors (Lipinski definition) is 6. The molecule has 18 heavy (non-hydrogen) atoms. The first-order chi connectivity index (χ1) is 8.66. The molecule has 0 aliphatic rings. The number of nitrogens with zero attached hydrogens (tertiary/aromatic N) is 4. The predicted octanol–water partition coefficient (Wildman–Crippen LogP) is 0.654. The lowest BCUT2D eigenvalue weighted by Crippen LogP contribution is -2.25. The molecule has 94 valence electrons. The highest BCUT2D eigenvalue weighted by atomic mass is 32.2. The van der Waals surface area contributed by atoms with Gasteiger partial charge in [0.05, 0.1) is 6.33 Å². The number of fused-ring (bicyclic) bond motifs is 1. The van der Waals surface area contributed by atoms with Gasteiger partial charge in [0.2, 0.25) is 0 Å². The summed E-state index contributed by atoms with van der Waals surface area (Å²) in [6.07, 6.45) is 3.09. The molecule has 0 aromatic carbocycles. The predicted molar refractivity (Wildman–Crippen MR) is 75.4 cm³/mol. The smallest absolute Gasteiger partial charge is 0.184 e. The van der Waals surface area contributed by atoms with Gasteiger partial charge in [0.15, 0.2) is 10.8 Å². The Bertz CT molecular complexity index is 591. The van der Waals surface area contributed by atoms with Crippen LogP contribution in [-0.2, 0) is 0 Å². The van der Waals surface area contributed by atoms with Crippen molar-refractivity contribution in [3.8, 4) is 0 Å². The van der Waals surface area contributed by atoms with E-state index in [1.54, 1.807) is 6.33 Å². The van der Waals surface area contributed by atoms with Gasteiger partial charge in [-0.25, -0.2) is 15.0 Å². The number of rotatable bonds is 4. The maximum Gasteiger partial charge on any atom is 0.184 e. The number of imidazole rings is 1. The molecule has 0 aliphatic carbocycles. The second-order valence-corrected chi connectivity index (χ2v) is 4.80. The number of thiocarbonyl (C=S) groups is 1. The van der Waals surface area contributed by atoms with Gasteiger partial charge in [0, 0.05) is 11.5 Å². The number of nitrogens with one attached hydrogen (secondary N) is 2. The minimum absolute atomic E-state index is 0.150. The topological polar surface area (TPSA) is 105 Å². The summed E-state index contributed by atoms with van der Waals surface area (Å²) in [6.45, 7) is 1.88. The van der Waals surface area contributed by atoms with Crippen molar-refractivity contribution >= 4 is 46.0 Å². The number of H-pyrrole nitrogens is 1. The summed E-state index contributed by atoms with van der Waals surface area (Å²) in [5.74, 6) is 0.667. The van der Waals surface area contributed by atoms with Crippen molar-refractivity contribution in [1.29, 1.82) is 0 Å². The summed E-state index contributed by atoms with van der Waals surface area (Å²) >= 11 is 6.20. The first-order valence-corrected chi connectivity index (χ1v) is 6.41. The van der Waals surface area contributed by atoms with Gasteiger partial charge < -0.3 is 10.7 Å². The third-order valence-corrected chi connectivity index (χ3v) is 3.20. The lowest BCUT2D eigenvalue weighted by Gasteiger charge is -2.02. The molecule has 4 N–H and O–H groups in total. The number of thioether (sulfide) groups is 1. The van der Waals surface area contributed by atoms with Crippen LogP contribution in [0.2, 0.25) is 0 Å². The molecule has 2 rings (SSSR count). The van der Waals surface area contributed by atoms with E-state index in [1.807, 2.05) is 6.92 Å². The van der Waals surface area contributed by atoms with Crippen LogP contribution in [0, 0.1) is 0 Å². The van der Waals surface area contributed by atoms with E-state index in [2.05, 4.69) is 42.7 Å². The molecule has 0 saturated heterocycles. The van der Waals surface area contributed by atoms with Crippen LogP contribution in [0.15, 0.2) is 22.8 Å². The van der Waals surface area contributed by atoms with Crippen molar-refractivity contribution in [1.82, 2.24) is 25.4 Å². The molecule has 0 radical (unpaired) electrons. The SMILES string of the molecule is CC(CSc1ncnc2nc[nH]c12)=NNC(N)=S. The zero-order chi connectivity index (χ0) is 13.0. The van der Waals surface area contributed by atoms with Gasteiger partial charge >= 0.3 is 0 Å². The summed E-state index contributed by atoms with van der Waals surface area (Å²) in [4.78, 5) is 15.3. The first kappa shape index (κ1) is 12.7. The molecule has 0 fully saturated rings. The Morgan fingerprint density at radius 1 is 1.56 bits per heavy atom. The largest absolute Gasteiger partial charge is 0.375 e. The van der Waals surface area contributed by atoms with E-state index in [1.165, 1.54) is 18.1 Å².